The van der Waals surface area contributed by atoms with Crippen molar-refractivity contribution in [2.75, 3.05) is 6.61 Å². The molecule has 2 aromatic carbocycles. The van der Waals surface area contributed by atoms with Crippen molar-refractivity contribution in [3.63, 3.8) is 0 Å². The van der Waals surface area contributed by atoms with Gasteiger partial charge in [-0.1, -0.05) is 6.92 Å². The minimum absolute atomic E-state index is 0.0428. The van der Waals surface area contributed by atoms with Gasteiger partial charge in [-0.2, -0.15) is 5.10 Å². The summed E-state index contributed by atoms with van der Waals surface area (Å²) in [6, 6.07) is 10.3. The van der Waals surface area contributed by atoms with Crippen molar-refractivity contribution < 1.29 is 27.4 Å². The quantitative estimate of drug-likeness (QED) is 0.201. The van der Waals surface area contributed by atoms with Crippen LogP contribution in [0.4, 0.5) is 13.2 Å². The van der Waals surface area contributed by atoms with E-state index in [1.54, 1.807) is 25.3 Å². The van der Waals surface area contributed by atoms with Gasteiger partial charge in [-0.25, -0.2) is 22.8 Å². The van der Waals surface area contributed by atoms with Gasteiger partial charge in [0.15, 0.2) is 29.0 Å². The van der Waals surface area contributed by atoms with E-state index in [4.69, 9.17) is 9.47 Å². The number of carbonyl (C=O) groups is 1. The van der Waals surface area contributed by atoms with Crippen LogP contribution in [0, 0.1) is 17.5 Å². The van der Waals surface area contributed by atoms with Gasteiger partial charge in [-0.3, -0.25) is 4.79 Å². The minimum atomic E-state index is -0.888. The van der Waals surface area contributed by atoms with E-state index in [2.05, 4.69) is 15.1 Å². The van der Waals surface area contributed by atoms with Gasteiger partial charge in [0, 0.05) is 34.5 Å². The highest BCUT2D eigenvalue weighted by atomic mass is 32.1. The number of ether oxygens (including phenoxy) is 2. The molecule has 0 fully saturated rings. The number of hydrogen-bond acceptors (Lipinski definition) is 6. The van der Waals surface area contributed by atoms with Gasteiger partial charge < -0.3 is 14.5 Å². The number of carbonyl (C=O) groups excluding carboxylic acids is 1. The van der Waals surface area contributed by atoms with E-state index in [1.807, 2.05) is 19.1 Å². The van der Waals surface area contributed by atoms with Gasteiger partial charge >= 0.3 is 5.97 Å². The van der Waals surface area contributed by atoms with Crippen molar-refractivity contribution in [1.82, 2.24) is 19.7 Å². The van der Waals surface area contributed by atoms with Crippen molar-refractivity contribution in [1.29, 1.82) is 0 Å². The van der Waals surface area contributed by atoms with Crippen LogP contribution in [0.1, 0.15) is 41.8 Å². The summed E-state index contributed by atoms with van der Waals surface area (Å²) >= 11 is 1.55. The van der Waals surface area contributed by atoms with Gasteiger partial charge in [-0.15, -0.1) is 11.3 Å². The maximum Gasteiger partial charge on any atom is 0.306 e. The van der Waals surface area contributed by atoms with Crippen molar-refractivity contribution in [2.24, 2.45) is 7.05 Å². The van der Waals surface area contributed by atoms with E-state index >= 15 is 0 Å². The molecule has 5 rings (SSSR count). The zero-order valence-corrected chi connectivity index (χ0v) is 22.2. The Bertz CT molecular complexity index is 1660. The molecule has 0 aliphatic carbocycles. The lowest BCUT2D eigenvalue weighted by molar-refractivity contribution is -0.143. The molecule has 39 heavy (non-hydrogen) atoms. The predicted octanol–water partition coefficient (Wildman–Crippen LogP) is 6.88. The number of nitrogens with zero attached hydrogens (tertiary/aromatic N) is 3. The number of benzene rings is 2. The summed E-state index contributed by atoms with van der Waals surface area (Å²) in [5, 5.41) is 4.67. The third kappa shape index (κ3) is 5.40. The van der Waals surface area contributed by atoms with E-state index in [0.29, 0.717) is 30.8 Å². The molecular formula is C28H25F3N4O3S. The van der Waals surface area contributed by atoms with Crippen molar-refractivity contribution in [2.45, 2.75) is 32.6 Å². The fraction of sp³-hybridized carbons (Fsp3) is 0.250. The molecule has 11 heteroatoms. The molecule has 1 atom stereocenters. The number of thiophene rings is 1. The molecule has 0 aliphatic heterocycles. The average Bonchev–Trinajstić information content (AvgIpc) is 3.66. The van der Waals surface area contributed by atoms with Gasteiger partial charge in [0.2, 0.25) is 0 Å². The number of aryl methyl sites for hydroxylation is 2. The highest BCUT2D eigenvalue weighted by molar-refractivity contribution is 7.12. The monoisotopic (exact) mass is 554 g/mol. The van der Waals surface area contributed by atoms with Crippen LogP contribution in [-0.2, 0) is 23.0 Å². The smallest absolute Gasteiger partial charge is 0.306 e. The number of halogens is 3. The Kier molecular flexibility index (Phi) is 7.42. The summed E-state index contributed by atoms with van der Waals surface area (Å²) in [5.74, 6) is -2.58. The number of aromatic amines is 1. The van der Waals surface area contributed by atoms with E-state index < -0.39 is 23.2 Å². The van der Waals surface area contributed by atoms with Crippen LogP contribution in [0.2, 0.25) is 0 Å². The number of nitrogens with one attached hydrogen (secondary N) is 1. The van der Waals surface area contributed by atoms with E-state index in [-0.39, 0.29) is 34.4 Å². The van der Waals surface area contributed by atoms with Crippen molar-refractivity contribution in [3.8, 4) is 22.9 Å². The number of hydrogen-bond donors (Lipinski definition) is 1. The lowest BCUT2D eigenvalue weighted by Crippen LogP contribution is -2.04. The second-order valence-electron chi connectivity index (χ2n) is 8.93. The van der Waals surface area contributed by atoms with Crippen LogP contribution in [0.25, 0.3) is 22.3 Å². The van der Waals surface area contributed by atoms with Crippen LogP contribution in [0.15, 0.2) is 48.7 Å². The van der Waals surface area contributed by atoms with Crippen LogP contribution in [0.5, 0.6) is 11.5 Å². The maximum absolute atomic E-state index is 14.9. The first-order chi connectivity index (χ1) is 18.7. The Morgan fingerprint density at radius 1 is 1.13 bits per heavy atom. The van der Waals surface area contributed by atoms with Crippen LogP contribution in [0.3, 0.4) is 0 Å². The third-order valence-corrected chi connectivity index (χ3v) is 7.59. The Morgan fingerprint density at radius 2 is 1.95 bits per heavy atom. The number of rotatable bonds is 9. The predicted molar refractivity (Wildman–Crippen MR) is 141 cm³/mol. The van der Waals surface area contributed by atoms with Crippen LogP contribution >= 0.6 is 11.3 Å². The van der Waals surface area contributed by atoms with Crippen LogP contribution < -0.4 is 4.74 Å². The molecule has 0 aliphatic rings. The zero-order valence-electron chi connectivity index (χ0n) is 21.4. The molecule has 3 aromatic heterocycles. The third-order valence-electron chi connectivity index (χ3n) is 6.26. The topological polar surface area (TPSA) is 82.0 Å². The van der Waals surface area contributed by atoms with Gasteiger partial charge in [0.25, 0.3) is 0 Å². The van der Waals surface area contributed by atoms with E-state index in [1.165, 1.54) is 29.1 Å². The molecule has 0 bridgehead atoms. The fourth-order valence-corrected chi connectivity index (χ4v) is 5.29. The van der Waals surface area contributed by atoms with Gasteiger partial charge in [-0.05, 0) is 49.7 Å². The summed E-state index contributed by atoms with van der Waals surface area (Å²) in [7, 11) is 1.64. The highest BCUT2D eigenvalue weighted by Crippen LogP contribution is 2.36. The van der Waals surface area contributed by atoms with Gasteiger partial charge in [0.1, 0.15) is 11.6 Å². The molecule has 0 saturated carbocycles. The summed E-state index contributed by atoms with van der Waals surface area (Å²) in [6.45, 7) is 4.07. The molecule has 0 unspecified atom stereocenters. The molecule has 3 heterocycles. The van der Waals surface area contributed by atoms with Crippen molar-refractivity contribution in [3.05, 3.63) is 81.7 Å². The minimum Gasteiger partial charge on any atom is -0.466 e. The lowest BCUT2D eigenvalue weighted by Gasteiger charge is -2.10. The first-order valence-corrected chi connectivity index (χ1v) is 13.1. The van der Waals surface area contributed by atoms with Crippen molar-refractivity contribution >= 4 is 28.2 Å². The number of esters is 1. The molecule has 0 saturated heterocycles. The molecule has 0 amide bonds. The number of aromatic nitrogens is 4. The molecule has 5 aromatic rings. The summed E-state index contributed by atoms with van der Waals surface area (Å²) in [6.07, 6.45) is 2.38. The molecule has 0 spiro atoms. The zero-order chi connectivity index (χ0) is 27.7. The molecule has 202 valence electrons. The van der Waals surface area contributed by atoms with E-state index in [0.717, 1.165) is 21.9 Å². The first kappa shape index (κ1) is 26.5. The summed E-state index contributed by atoms with van der Waals surface area (Å²) in [4.78, 5) is 21.0. The number of fused-ring (bicyclic) bond motifs is 1. The fourth-order valence-electron chi connectivity index (χ4n) is 4.23. The molecular weight excluding hydrogens is 529 g/mol. The maximum atomic E-state index is 14.9. The molecule has 7 nitrogen and oxygen atoms in total. The number of H-pyrrole nitrogens is 1. The van der Waals surface area contributed by atoms with E-state index in [9.17, 15) is 18.0 Å². The Labute approximate surface area is 226 Å². The molecule has 0 radical (unpaired) electrons. The largest absolute Gasteiger partial charge is 0.466 e. The Balaban J connectivity index is 1.38. The summed E-state index contributed by atoms with van der Waals surface area (Å²) < 4.78 is 56.4. The summed E-state index contributed by atoms with van der Waals surface area (Å²) in [5.41, 5.74) is 0.375. The molecule has 1 N–H and O–H groups in total. The standard InChI is InChI=1S/C28H25F3N4O3S/c1-4-37-24(36)10-7-17-6-9-23(39-17)15(2)27-33-28(35(3)34-27)19-13-16(5-8-20(19)29)38-26-21(30)14-22-18(25(26)31)11-12-32-22/h5-6,8-9,11-15,32H,4,7,10H2,1-3H3/t15-/m1/s1. The normalized spacial score (nSPS) is 12.2. The Morgan fingerprint density at radius 3 is 2.74 bits per heavy atom. The second-order valence-corrected chi connectivity index (χ2v) is 10.1. The first-order valence-electron chi connectivity index (χ1n) is 12.3. The highest BCUT2D eigenvalue weighted by Gasteiger charge is 2.22. The van der Waals surface area contributed by atoms with Gasteiger partial charge in [0.05, 0.1) is 30.0 Å². The lowest BCUT2D eigenvalue weighted by atomic mass is 10.1. The Hall–Kier alpha value is -4.12. The van der Waals surface area contributed by atoms with Crippen LogP contribution in [-0.4, -0.2) is 32.3 Å². The average molecular weight is 555 g/mol. The second kappa shape index (κ2) is 10.9. The SMILES string of the molecule is CCOC(=O)CCc1ccc([C@@H](C)c2nc(-c3cc(Oc4c(F)cc5[nH]ccc5c4F)ccc3F)n(C)n2)s1.